The van der Waals surface area contributed by atoms with Gasteiger partial charge >= 0.3 is 0 Å². The van der Waals surface area contributed by atoms with Crippen molar-refractivity contribution in [2.75, 3.05) is 0 Å². The van der Waals surface area contributed by atoms with Gasteiger partial charge in [-0.2, -0.15) is 0 Å². The van der Waals surface area contributed by atoms with Crippen LogP contribution < -0.4 is 0 Å². The van der Waals surface area contributed by atoms with Crippen molar-refractivity contribution in [2.24, 2.45) is 0 Å². The van der Waals surface area contributed by atoms with E-state index in [0.717, 1.165) is 0 Å². The lowest BCUT2D eigenvalue weighted by Crippen LogP contribution is -1.98. The molecule has 0 amide bonds. The first kappa shape index (κ1) is 9.43. The third kappa shape index (κ3) is 2.14. The molecule has 0 atom stereocenters. The molecule has 13 heavy (non-hydrogen) atoms. The van der Waals surface area contributed by atoms with E-state index in [2.05, 4.69) is 0 Å². The molecule has 2 heteroatoms. The fourth-order valence-electron chi connectivity index (χ4n) is 1.13. The lowest BCUT2D eigenvalue weighted by atomic mass is 10.0. The molecule has 2 nitrogen and oxygen atoms in total. The molecule has 0 saturated heterocycles. The van der Waals surface area contributed by atoms with Crippen molar-refractivity contribution >= 4 is 17.8 Å². The van der Waals surface area contributed by atoms with Gasteiger partial charge in [-0.05, 0) is 5.56 Å². The minimum atomic E-state index is 0.0436. The van der Waals surface area contributed by atoms with Gasteiger partial charge in [-0.25, -0.2) is 4.79 Å². The summed E-state index contributed by atoms with van der Waals surface area (Å²) in [5, 5.41) is 0. The number of carbonyl (C=O) groups excluding carboxylic acids is 2. The van der Waals surface area contributed by atoms with Crippen LogP contribution >= 0.6 is 0 Å². The van der Waals surface area contributed by atoms with Crippen LogP contribution in [0.1, 0.15) is 29.3 Å². The van der Waals surface area contributed by atoms with Crippen molar-refractivity contribution in [3.8, 4) is 0 Å². The van der Waals surface area contributed by atoms with Crippen LogP contribution in [0, 0.1) is 0 Å². The largest absolute Gasteiger partial charge is 0.294 e. The molecule has 1 aromatic rings. The Morgan fingerprint density at radius 3 is 2.77 bits per heavy atom. The summed E-state index contributed by atoms with van der Waals surface area (Å²) < 4.78 is 0. The second-order valence-corrected chi connectivity index (χ2v) is 2.63. The molecule has 0 unspecified atom stereocenters. The van der Waals surface area contributed by atoms with E-state index < -0.39 is 0 Å². The molecule has 0 N–H and O–H groups in total. The molecule has 66 valence electrons. The average molecular weight is 174 g/mol. The predicted molar refractivity (Wildman–Crippen MR) is 51.2 cm³/mol. The quantitative estimate of drug-likeness (QED) is 0.519. The van der Waals surface area contributed by atoms with Crippen molar-refractivity contribution in [3.63, 3.8) is 0 Å². The van der Waals surface area contributed by atoms with E-state index in [1.165, 1.54) is 6.08 Å². The van der Waals surface area contributed by atoms with Crippen LogP contribution in [-0.2, 0) is 4.79 Å². The van der Waals surface area contributed by atoms with Crippen molar-refractivity contribution in [1.29, 1.82) is 0 Å². The van der Waals surface area contributed by atoms with Gasteiger partial charge in [0.25, 0.3) is 0 Å². The van der Waals surface area contributed by atoms with Gasteiger partial charge in [-0.3, -0.25) is 4.79 Å². The molecular weight excluding hydrogens is 164 g/mol. The van der Waals surface area contributed by atoms with Gasteiger partial charge in [0.05, 0.1) is 0 Å². The van der Waals surface area contributed by atoms with Crippen molar-refractivity contribution in [2.45, 2.75) is 13.3 Å². The maximum atomic E-state index is 11.4. The molecule has 0 radical (unpaired) electrons. The summed E-state index contributed by atoms with van der Waals surface area (Å²) in [5.41, 5.74) is 1.23. The van der Waals surface area contributed by atoms with Crippen LogP contribution in [0.2, 0.25) is 0 Å². The number of ketones is 1. The number of carbonyl (C=O) groups is 1. The van der Waals surface area contributed by atoms with Crippen molar-refractivity contribution in [1.82, 2.24) is 0 Å². The number of hydrogen-bond acceptors (Lipinski definition) is 2. The molecule has 0 saturated carbocycles. The lowest BCUT2D eigenvalue weighted by molar-refractivity contribution is 0.0988. The Morgan fingerprint density at radius 2 is 2.15 bits per heavy atom. The molecular formula is C11H10O2. The van der Waals surface area contributed by atoms with Gasteiger partial charge in [-0.1, -0.05) is 31.2 Å². The van der Waals surface area contributed by atoms with Gasteiger partial charge in [-0.15, -0.1) is 0 Å². The minimum Gasteiger partial charge on any atom is -0.294 e. The summed E-state index contributed by atoms with van der Waals surface area (Å²) >= 11 is 0. The topological polar surface area (TPSA) is 34.1 Å². The smallest absolute Gasteiger partial charge is 0.163 e. The van der Waals surface area contributed by atoms with Gasteiger partial charge in [0.15, 0.2) is 5.78 Å². The van der Waals surface area contributed by atoms with Crippen LogP contribution in [0.4, 0.5) is 0 Å². The third-order valence-corrected chi connectivity index (χ3v) is 1.80. The summed E-state index contributed by atoms with van der Waals surface area (Å²) in [7, 11) is 0. The number of benzene rings is 1. The maximum Gasteiger partial charge on any atom is 0.163 e. The predicted octanol–water partition coefficient (Wildman–Crippen LogP) is 2.12. The van der Waals surface area contributed by atoms with Crippen LogP contribution in [0.5, 0.6) is 0 Å². The summed E-state index contributed by atoms with van der Waals surface area (Å²) in [6.45, 7) is 1.80. The second kappa shape index (κ2) is 4.39. The molecule has 0 aromatic heterocycles. The monoisotopic (exact) mass is 174 g/mol. The van der Waals surface area contributed by atoms with Crippen LogP contribution in [-0.4, -0.2) is 11.7 Å². The standard InChI is InChI=1S/C11H10O2/c1-2-11(13)10-6-4-3-5-9(10)7-8-12/h3-7H,2H2,1H3. The Balaban J connectivity index is 3.18. The first-order valence-electron chi connectivity index (χ1n) is 4.12. The number of hydrogen-bond donors (Lipinski definition) is 0. The molecule has 0 spiro atoms. The highest BCUT2D eigenvalue weighted by Crippen LogP contribution is 2.11. The molecule has 0 fully saturated rings. The van der Waals surface area contributed by atoms with E-state index in [1.54, 1.807) is 37.1 Å². The highest BCUT2D eigenvalue weighted by molar-refractivity contribution is 6.00. The van der Waals surface area contributed by atoms with E-state index >= 15 is 0 Å². The van der Waals surface area contributed by atoms with E-state index in [0.29, 0.717) is 17.5 Å². The minimum absolute atomic E-state index is 0.0436. The highest BCUT2D eigenvalue weighted by atomic mass is 16.1. The fourth-order valence-corrected chi connectivity index (χ4v) is 1.13. The van der Waals surface area contributed by atoms with Gasteiger partial charge in [0, 0.05) is 18.1 Å². The Labute approximate surface area is 76.9 Å². The Kier molecular flexibility index (Phi) is 3.18. The Hall–Kier alpha value is -1.66. The molecule has 0 aliphatic heterocycles. The van der Waals surface area contributed by atoms with Crippen LogP contribution in [0.15, 0.2) is 24.3 Å². The summed E-state index contributed by atoms with van der Waals surface area (Å²) in [6, 6.07) is 7.02. The zero-order valence-electron chi connectivity index (χ0n) is 7.41. The molecule has 0 aliphatic rings. The van der Waals surface area contributed by atoms with Crippen LogP contribution in [0.3, 0.4) is 0 Å². The highest BCUT2D eigenvalue weighted by Gasteiger charge is 2.05. The van der Waals surface area contributed by atoms with Crippen LogP contribution in [0.25, 0.3) is 6.08 Å². The van der Waals surface area contributed by atoms with Gasteiger partial charge in [0.1, 0.15) is 5.94 Å². The average Bonchev–Trinajstić information content (AvgIpc) is 2.18. The zero-order chi connectivity index (χ0) is 9.68. The van der Waals surface area contributed by atoms with E-state index in [-0.39, 0.29) is 5.78 Å². The molecule has 0 heterocycles. The summed E-state index contributed by atoms with van der Waals surface area (Å²) in [6.07, 6.45) is 1.73. The van der Waals surface area contributed by atoms with Crippen molar-refractivity contribution in [3.05, 3.63) is 35.4 Å². The number of rotatable bonds is 3. The summed E-state index contributed by atoms with van der Waals surface area (Å²) in [4.78, 5) is 21.5. The molecule has 1 aromatic carbocycles. The SMILES string of the molecule is CCC(=O)c1ccccc1C=C=O. The first-order valence-corrected chi connectivity index (χ1v) is 4.12. The second-order valence-electron chi connectivity index (χ2n) is 2.63. The summed E-state index contributed by atoms with van der Waals surface area (Å²) in [5.74, 6) is 1.72. The number of Topliss-reactive ketones (excluding diaryl/α,β-unsaturated/α-hetero) is 1. The lowest BCUT2D eigenvalue weighted by Gasteiger charge is -2.00. The normalized spacial score (nSPS) is 9.00. The first-order chi connectivity index (χ1) is 6.29. The van der Waals surface area contributed by atoms with E-state index in [1.807, 2.05) is 0 Å². The van der Waals surface area contributed by atoms with E-state index in [4.69, 9.17) is 0 Å². The Bertz CT molecular complexity index is 360. The maximum absolute atomic E-state index is 11.4. The van der Waals surface area contributed by atoms with Gasteiger partial charge in [0.2, 0.25) is 0 Å². The third-order valence-electron chi connectivity index (χ3n) is 1.80. The van der Waals surface area contributed by atoms with Gasteiger partial charge < -0.3 is 0 Å². The Morgan fingerprint density at radius 1 is 1.46 bits per heavy atom. The molecule has 0 aliphatic carbocycles. The zero-order valence-corrected chi connectivity index (χ0v) is 7.41. The van der Waals surface area contributed by atoms with Crippen molar-refractivity contribution < 1.29 is 9.59 Å². The van der Waals surface area contributed by atoms with E-state index in [9.17, 15) is 9.59 Å². The molecule has 0 bridgehead atoms. The fraction of sp³-hybridized carbons (Fsp3) is 0.182. The molecule has 1 rings (SSSR count).